The van der Waals surface area contributed by atoms with Gasteiger partial charge in [0.2, 0.25) is 0 Å². The van der Waals surface area contributed by atoms with Crippen LogP contribution in [0, 0.1) is 5.92 Å². The van der Waals surface area contributed by atoms with Gasteiger partial charge in [-0.3, -0.25) is 0 Å². The average molecular weight is 145 g/mol. The summed E-state index contributed by atoms with van der Waals surface area (Å²) in [5.41, 5.74) is 0. The average Bonchev–Trinajstić information content (AvgIpc) is 1.90. The number of rotatable bonds is 5. The lowest BCUT2D eigenvalue weighted by Crippen LogP contribution is -2.30. The van der Waals surface area contributed by atoms with Crippen LogP contribution in [-0.2, 0) is 0 Å². The minimum absolute atomic E-state index is 0.302. The Hall–Kier alpha value is -0.0800. The zero-order valence-electron chi connectivity index (χ0n) is 7.22. The highest BCUT2D eigenvalue weighted by Gasteiger charge is 2.03. The van der Waals surface area contributed by atoms with Crippen LogP contribution in [0.15, 0.2) is 0 Å². The molecule has 1 atom stereocenters. The molecule has 0 radical (unpaired) electrons. The quantitative estimate of drug-likeness (QED) is 0.605. The van der Waals surface area contributed by atoms with E-state index in [9.17, 15) is 0 Å². The molecule has 0 amide bonds. The Morgan fingerprint density at radius 2 is 2.00 bits per heavy atom. The second-order valence-electron chi connectivity index (χ2n) is 3.02. The summed E-state index contributed by atoms with van der Waals surface area (Å²) in [6, 6.07) is 0.528. The Labute approximate surface area is 63.6 Å². The molecule has 0 aliphatic carbocycles. The summed E-state index contributed by atoms with van der Waals surface area (Å²) in [4.78, 5) is 0. The summed E-state index contributed by atoms with van der Waals surface area (Å²) in [5, 5.41) is 12.1. The molecule has 0 aliphatic rings. The van der Waals surface area contributed by atoms with Gasteiger partial charge in [0.1, 0.15) is 0 Å². The summed E-state index contributed by atoms with van der Waals surface area (Å²) in [7, 11) is 0. The monoisotopic (exact) mass is 145 g/mol. The molecule has 0 aromatic rings. The van der Waals surface area contributed by atoms with Gasteiger partial charge in [-0.05, 0) is 12.3 Å². The van der Waals surface area contributed by atoms with Crippen molar-refractivity contribution in [2.75, 3.05) is 13.2 Å². The molecule has 2 heteroatoms. The van der Waals surface area contributed by atoms with Gasteiger partial charge in [-0.1, -0.05) is 20.8 Å². The predicted octanol–water partition coefficient (Wildman–Crippen LogP) is 1.00. The van der Waals surface area contributed by atoms with Crippen molar-refractivity contribution in [3.05, 3.63) is 0 Å². The fourth-order valence-electron chi connectivity index (χ4n) is 0.740. The van der Waals surface area contributed by atoms with E-state index in [1.807, 2.05) is 0 Å². The number of aliphatic hydroxyl groups is 1. The molecule has 0 aromatic heterocycles. The van der Waals surface area contributed by atoms with Crippen molar-refractivity contribution in [2.24, 2.45) is 5.92 Å². The van der Waals surface area contributed by atoms with Crippen LogP contribution in [0.25, 0.3) is 0 Å². The maximum atomic E-state index is 8.80. The van der Waals surface area contributed by atoms with Crippen LogP contribution < -0.4 is 5.32 Å². The molecule has 1 unspecified atom stereocenters. The van der Waals surface area contributed by atoms with Crippen molar-refractivity contribution >= 4 is 0 Å². The van der Waals surface area contributed by atoms with Crippen LogP contribution in [0.1, 0.15) is 27.2 Å². The molecule has 2 N–H and O–H groups in total. The number of hydrogen-bond acceptors (Lipinski definition) is 2. The van der Waals surface area contributed by atoms with Crippen LogP contribution >= 0.6 is 0 Å². The standard InChI is InChI=1S/C8H19NO/c1-4-8(6-10)5-9-7(2)3/h7-10H,4-6H2,1-3H3. The van der Waals surface area contributed by atoms with Gasteiger partial charge in [0.25, 0.3) is 0 Å². The van der Waals surface area contributed by atoms with Gasteiger partial charge >= 0.3 is 0 Å². The number of hydrogen-bond donors (Lipinski definition) is 2. The van der Waals surface area contributed by atoms with Crippen LogP contribution in [0.4, 0.5) is 0 Å². The number of aliphatic hydroxyl groups excluding tert-OH is 1. The van der Waals surface area contributed by atoms with E-state index in [0.717, 1.165) is 13.0 Å². The molecule has 62 valence electrons. The number of nitrogens with one attached hydrogen (secondary N) is 1. The Balaban J connectivity index is 3.26. The first-order valence-electron chi connectivity index (χ1n) is 4.05. The highest BCUT2D eigenvalue weighted by atomic mass is 16.3. The summed E-state index contributed by atoms with van der Waals surface area (Å²) in [6.45, 7) is 7.57. The maximum Gasteiger partial charge on any atom is 0.0471 e. The van der Waals surface area contributed by atoms with E-state index in [0.29, 0.717) is 18.6 Å². The van der Waals surface area contributed by atoms with E-state index >= 15 is 0 Å². The summed E-state index contributed by atoms with van der Waals surface area (Å²) < 4.78 is 0. The fraction of sp³-hybridized carbons (Fsp3) is 1.00. The van der Waals surface area contributed by atoms with E-state index in [2.05, 4.69) is 26.1 Å². The second-order valence-corrected chi connectivity index (χ2v) is 3.02. The van der Waals surface area contributed by atoms with Gasteiger partial charge in [-0.2, -0.15) is 0 Å². The molecule has 0 aromatic carbocycles. The van der Waals surface area contributed by atoms with Gasteiger partial charge in [-0.15, -0.1) is 0 Å². The topological polar surface area (TPSA) is 32.3 Å². The van der Waals surface area contributed by atoms with Crippen LogP contribution in [0.3, 0.4) is 0 Å². The molecule has 2 nitrogen and oxygen atoms in total. The van der Waals surface area contributed by atoms with E-state index in [-0.39, 0.29) is 0 Å². The Bertz CT molecular complexity index is 69.7. The van der Waals surface area contributed by atoms with Gasteiger partial charge in [-0.25, -0.2) is 0 Å². The van der Waals surface area contributed by atoms with Crippen molar-refractivity contribution in [3.8, 4) is 0 Å². The van der Waals surface area contributed by atoms with Crippen LogP contribution in [0.5, 0.6) is 0 Å². The Morgan fingerprint density at radius 3 is 2.30 bits per heavy atom. The highest BCUT2D eigenvalue weighted by Crippen LogP contribution is 1.98. The van der Waals surface area contributed by atoms with Crippen molar-refractivity contribution < 1.29 is 5.11 Å². The van der Waals surface area contributed by atoms with E-state index in [1.54, 1.807) is 0 Å². The summed E-state index contributed by atoms with van der Waals surface area (Å²) in [6.07, 6.45) is 1.05. The zero-order chi connectivity index (χ0) is 7.98. The third-order valence-electron chi connectivity index (χ3n) is 1.65. The molecule has 0 fully saturated rings. The lowest BCUT2D eigenvalue weighted by Gasteiger charge is -2.14. The minimum atomic E-state index is 0.302. The van der Waals surface area contributed by atoms with E-state index in [4.69, 9.17) is 5.11 Å². The molecule has 0 saturated carbocycles. The first kappa shape index (κ1) is 9.92. The SMILES string of the molecule is CCC(CO)CNC(C)C. The summed E-state index contributed by atoms with van der Waals surface area (Å²) >= 11 is 0. The van der Waals surface area contributed by atoms with E-state index < -0.39 is 0 Å². The molecule has 0 spiro atoms. The van der Waals surface area contributed by atoms with Crippen molar-refractivity contribution in [1.29, 1.82) is 0 Å². The maximum absolute atomic E-state index is 8.80. The van der Waals surface area contributed by atoms with Gasteiger partial charge in [0.15, 0.2) is 0 Å². The van der Waals surface area contributed by atoms with Gasteiger partial charge in [0.05, 0.1) is 0 Å². The van der Waals surface area contributed by atoms with Gasteiger partial charge in [0, 0.05) is 19.2 Å². The normalized spacial score (nSPS) is 14.1. The van der Waals surface area contributed by atoms with Crippen molar-refractivity contribution in [1.82, 2.24) is 5.32 Å². The van der Waals surface area contributed by atoms with Crippen molar-refractivity contribution in [3.63, 3.8) is 0 Å². The fourth-order valence-corrected chi connectivity index (χ4v) is 0.740. The molecule has 0 aliphatic heterocycles. The minimum Gasteiger partial charge on any atom is -0.396 e. The first-order valence-corrected chi connectivity index (χ1v) is 4.05. The second kappa shape index (κ2) is 5.69. The molecule has 0 bridgehead atoms. The lowest BCUT2D eigenvalue weighted by atomic mass is 10.1. The molecular weight excluding hydrogens is 126 g/mol. The van der Waals surface area contributed by atoms with Crippen LogP contribution in [0.2, 0.25) is 0 Å². The highest BCUT2D eigenvalue weighted by molar-refractivity contribution is 4.60. The molecule has 10 heavy (non-hydrogen) atoms. The van der Waals surface area contributed by atoms with E-state index in [1.165, 1.54) is 0 Å². The predicted molar refractivity (Wildman–Crippen MR) is 44.0 cm³/mol. The lowest BCUT2D eigenvalue weighted by molar-refractivity contribution is 0.216. The third-order valence-corrected chi connectivity index (χ3v) is 1.65. The molecule has 0 rings (SSSR count). The largest absolute Gasteiger partial charge is 0.396 e. The zero-order valence-corrected chi connectivity index (χ0v) is 7.22. The van der Waals surface area contributed by atoms with Crippen LogP contribution in [-0.4, -0.2) is 24.3 Å². The Morgan fingerprint density at radius 1 is 1.40 bits per heavy atom. The Kier molecular flexibility index (Phi) is 5.64. The van der Waals surface area contributed by atoms with Gasteiger partial charge < -0.3 is 10.4 Å². The molecule has 0 heterocycles. The smallest absolute Gasteiger partial charge is 0.0471 e. The first-order chi connectivity index (χ1) is 4.70. The third kappa shape index (κ3) is 4.77. The van der Waals surface area contributed by atoms with Crippen molar-refractivity contribution in [2.45, 2.75) is 33.2 Å². The summed E-state index contributed by atoms with van der Waals surface area (Å²) in [5.74, 6) is 0.433. The molecule has 0 saturated heterocycles. The molecular formula is C8H19NO.